The maximum atomic E-state index is 13.1. The molecule has 1 amide bonds. The largest absolute Gasteiger partial charge is 0.494 e. The molecule has 1 aliphatic heterocycles. The quantitative estimate of drug-likeness (QED) is 0.482. The summed E-state index contributed by atoms with van der Waals surface area (Å²) in [5.74, 6) is 2.13. The number of rotatable bonds is 8. The minimum atomic E-state index is -0.199. The highest BCUT2D eigenvalue weighted by Gasteiger charge is 2.41. The van der Waals surface area contributed by atoms with E-state index in [1.54, 1.807) is 18.2 Å². The van der Waals surface area contributed by atoms with E-state index in [1.807, 2.05) is 19.2 Å². The Bertz CT molecular complexity index is 1270. The molecule has 1 fully saturated rings. The Balaban J connectivity index is 1.47. The average molecular weight is 504 g/mol. The highest BCUT2D eigenvalue weighted by atomic mass is 16.5. The minimum absolute atomic E-state index is 0.113. The molecule has 2 aromatic heterocycles. The molecule has 1 N–H and O–H groups in total. The first kappa shape index (κ1) is 25.1. The van der Waals surface area contributed by atoms with E-state index in [0.717, 1.165) is 48.7 Å². The maximum Gasteiger partial charge on any atom is 0.249 e. The van der Waals surface area contributed by atoms with Crippen LogP contribution in [0.5, 0.6) is 5.75 Å². The third-order valence-corrected chi connectivity index (χ3v) is 7.43. The van der Waals surface area contributed by atoms with Gasteiger partial charge in [0.15, 0.2) is 5.82 Å². The zero-order valence-electron chi connectivity index (χ0n) is 22.4. The molecule has 0 radical (unpaired) electrons. The van der Waals surface area contributed by atoms with E-state index >= 15 is 0 Å². The molecule has 9 nitrogen and oxygen atoms in total. The second-order valence-corrected chi connectivity index (χ2v) is 10.2. The monoisotopic (exact) mass is 503 g/mol. The van der Waals surface area contributed by atoms with E-state index in [2.05, 4.69) is 70.1 Å². The summed E-state index contributed by atoms with van der Waals surface area (Å²) in [7, 11) is 7.62. The lowest BCUT2D eigenvalue weighted by molar-refractivity contribution is -0.120. The first-order chi connectivity index (χ1) is 17.9. The van der Waals surface area contributed by atoms with Crippen LogP contribution in [-0.2, 0) is 11.3 Å². The van der Waals surface area contributed by atoms with Crippen LogP contribution in [0.4, 0.5) is 23.1 Å². The van der Waals surface area contributed by atoms with Crippen molar-refractivity contribution >= 4 is 29.0 Å². The fourth-order valence-corrected chi connectivity index (χ4v) is 5.62. The third kappa shape index (κ3) is 4.75. The predicted octanol–water partition coefficient (Wildman–Crippen LogP) is 4.59. The van der Waals surface area contributed by atoms with Gasteiger partial charge in [0, 0.05) is 43.3 Å². The second kappa shape index (κ2) is 10.4. The smallest absolute Gasteiger partial charge is 0.249 e. The van der Waals surface area contributed by atoms with Crippen molar-refractivity contribution in [1.82, 2.24) is 19.4 Å². The van der Waals surface area contributed by atoms with E-state index in [4.69, 9.17) is 9.72 Å². The van der Waals surface area contributed by atoms with Gasteiger partial charge in [-0.05, 0) is 57.6 Å². The Morgan fingerprint density at radius 1 is 1.19 bits per heavy atom. The highest BCUT2D eigenvalue weighted by Crippen LogP contribution is 2.40. The molecule has 9 heteroatoms. The predicted molar refractivity (Wildman–Crippen MR) is 147 cm³/mol. The number of nitrogens with one attached hydrogen (secondary N) is 1. The number of carbonyl (C=O) groups is 1. The van der Waals surface area contributed by atoms with Gasteiger partial charge in [-0.2, -0.15) is 4.98 Å². The molecule has 196 valence electrons. The van der Waals surface area contributed by atoms with Crippen molar-refractivity contribution in [3.8, 4) is 11.4 Å². The summed E-state index contributed by atoms with van der Waals surface area (Å²) >= 11 is 0. The van der Waals surface area contributed by atoms with Crippen LogP contribution in [0, 0.1) is 0 Å². The van der Waals surface area contributed by atoms with Gasteiger partial charge in [-0.1, -0.05) is 19.8 Å². The molecule has 37 heavy (non-hydrogen) atoms. The molecule has 3 aromatic rings. The molecule has 0 spiro atoms. The Hall–Kier alpha value is -3.59. The summed E-state index contributed by atoms with van der Waals surface area (Å²) in [6.45, 7) is 2.91. The lowest BCUT2D eigenvalue weighted by Crippen LogP contribution is -2.55. The van der Waals surface area contributed by atoms with E-state index in [0.29, 0.717) is 17.7 Å². The van der Waals surface area contributed by atoms with Gasteiger partial charge in [-0.15, -0.1) is 0 Å². The van der Waals surface area contributed by atoms with Crippen LogP contribution in [0.1, 0.15) is 44.7 Å². The molecule has 5 rings (SSSR count). The lowest BCUT2D eigenvalue weighted by Gasteiger charge is -2.43. The van der Waals surface area contributed by atoms with E-state index < -0.39 is 0 Å². The second-order valence-electron chi connectivity index (χ2n) is 10.2. The number of aromatic nitrogens is 3. The molecule has 3 heterocycles. The van der Waals surface area contributed by atoms with Crippen LogP contribution in [0.2, 0.25) is 0 Å². The summed E-state index contributed by atoms with van der Waals surface area (Å²) in [6, 6.07) is 10.4. The molecule has 1 aromatic carbocycles. The molecule has 2 aliphatic rings. The van der Waals surface area contributed by atoms with Crippen molar-refractivity contribution in [3.05, 3.63) is 48.4 Å². The zero-order valence-corrected chi connectivity index (χ0v) is 22.4. The number of methoxy groups -OCH3 is 1. The zero-order chi connectivity index (χ0) is 26.1. The minimum Gasteiger partial charge on any atom is -0.494 e. The van der Waals surface area contributed by atoms with Crippen LogP contribution in [0.15, 0.2) is 42.7 Å². The molecule has 1 saturated carbocycles. The Morgan fingerprint density at radius 3 is 2.68 bits per heavy atom. The molecular formula is C28H37N7O2. The van der Waals surface area contributed by atoms with Gasteiger partial charge in [0.1, 0.15) is 17.5 Å². The summed E-state index contributed by atoms with van der Waals surface area (Å²) in [4.78, 5) is 28.8. The van der Waals surface area contributed by atoms with Crippen molar-refractivity contribution in [3.63, 3.8) is 0 Å². The Kier molecular flexibility index (Phi) is 7.06. The van der Waals surface area contributed by atoms with E-state index in [-0.39, 0.29) is 11.9 Å². The van der Waals surface area contributed by atoms with Crippen LogP contribution in [0.25, 0.3) is 5.69 Å². The first-order valence-corrected chi connectivity index (χ1v) is 13.1. The van der Waals surface area contributed by atoms with Crippen LogP contribution in [0.3, 0.4) is 0 Å². The summed E-state index contributed by atoms with van der Waals surface area (Å²) in [6.07, 6.45) is 9.12. The van der Waals surface area contributed by atoms with Gasteiger partial charge in [0.25, 0.3) is 0 Å². The van der Waals surface area contributed by atoms with E-state index in [9.17, 15) is 4.79 Å². The SMILES string of the molecule is CCC1C(=O)N(C)c2cnc(Nc3ccc(-n4cccc4CN(C)C)cc3OC)nc2N1C1CCCC1. The number of ether oxygens (including phenoxy) is 1. The number of fused-ring (bicyclic) bond motifs is 1. The van der Waals surface area contributed by atoms with Crippen molar-refractivity contribution in [2.75, 3.05) is 43.4 Å². The van der Waals surface area contributed by atoms with Gasteiger partial charge in [-0.25, -0.2) is 4.98 Å². The van der Waals surface area contributed by atoms with Gasteiger partial charge in [0.2, 0.25) is 11.9 Å². The van der Waals surface area contributed by atoms with Crippen LogP contribution >= 0.6 is 0 Å². The molecule has 1 unspecified atom stereocenters. The number of carbonyl (C=O) groups excluding carboxylic acids is 1. The number of benzene rings is 1. The number of anilines is 4. The molecule has 1 aliphatic carbocycles. The number of amides is 1. The summed E-state index contributed by atoms with van der Waals surface area (Å²) < 4.78 is 7.92. The average Bonchev–Trinajstić information content (AvgIpc) is 3.58. The molecule has 0 saturated heterocycles. The van der Waals surface area contributed by atoms with Gasteiger partial charge in [-0.3, -0.25) is 4.79 Å². The molecule has 0 bridgehead atoms. The van der Waals surface area contributed by atoms with E-state index in [1.165, 1.54) is 18.5 Å². The lowest BCUT2D eigenvalue weighted by atomic mass is 10.0. The number of hydrogen-bond acceptors (Lipinski definition) is 7. The number of likely N-dealkylation sites (N-methyl/N-ethyl adjacent to an activating group) is 1. The van der Waals surface area contributed by atoms with Gasteiger partial charge < -0.3 is 29.3 Å². The Morgan fingerprint density at radius 2 is 1.97 bits per heavy atom. The standard InChI is InChI=1S/C28H37N7O2/c1-6-23-27(36)33(4)24-17-29-28(31-26(24)35(23)19-10-7-8-11-19)30-22-14-13-20(16-25(22)37-5)34-15-9-12-21(34)18-32(2)3/h9,12-17,19,23H,6-8,10-11,18H2,1-5H3,(H,29,30,31). The van der Waals surface area contributed by atoms with Gasteiger partial charge >= 0.3 is 0 Å². The normalized spacial score (nSPS) is 18.0. The van der Waals surface area contributed by atoms with Crippen LogP contribution < -0.4 is 19.9 Å². The third-order valence-electron chi connectivity index (χ3n) is 7.43. The van der Waals surface area contributed by atoms with Crippen LogP contribution in [-0.4, -0.2) is 65.7 Å². The van der Waals surface area contributed by atoms with Gasteiger partial charge in [0.05, 0.1) is 19.0 Å². The Labute approximate surface area is 219 Å². The summed E-state index contributed by atoms with van der Waals surface area (Å²) in [5, 5.41) is 3.37. The summed E-state index contributed by atoms with van der Waals surface area (Å²) in [5.41, 5.74) is 3.76. The highest BCUT2D eigenvalue weighted by molar-refractivity contribution is 6.04. The fourth-order valence-electron chi connectivity index (χ4n) is 5.62. The number of nitrogens with zero attached hydrogens (tertiary/aromatic N) is 6. The molecular weight excluding hydrogens is 466 g/mol. The maximum absolute atomic E-state index is 13.1. The number of hydrogen-bond donors (Lipinski definition) is 1. The van der Waals surface area contributed by atoms with Crippen molar-refractivity contribution in [2.45, 2.75) is 57.7 Å². The topological polar surface area (TPSA) is 78.8 Å². The van der Waals surface area contributed by atoms with Crippen molar-refractivity contribution in [1.29, 1.82) is 0 Å². The first-order valence-electron chi connectivity index (χ1n) is 13.1. The molecule has 1 atom stereocenters. The fraction of sp³-hybridized carbons (Fsp3) is 0.464. The van der Waals surface area contributed by atoms with Crippen molar-refractivity contribution < 1.29 is 9.53 Å². The van der Waals surface area contributed by atoms with Crippen molar-refractivity contribution in [2.24, 2.45) is 0 Å².